The quantitative estimate of drug-likeness (QED) is 0.751. The van der Waals surface area contributed by atoms with E-state index < -0.39 is 5.97 Å². The minimum atomic E-state index is -0.958. The Morgan fingerprint density at radius 2 is 2.14 bits per heavy atom. The monoisotopic (exact) mass is 193 g/mol. The summed E-state index contributed by atoms with van der Waals surface area (Å²) in [5, 5.41) is 16.4. The van der Waals surface area contributed by atoms with E-state index in [-0.39, 0.29) is 5.56 Å². The van der Waals surface area contributed by atoms with Gasteiger partial charge in [-0.15, -0.1) is 5.10 Å². The SMILES string of the molecule is O=C(O)c1cnnc(N2CCCC2)c1. The van der Waals surface area contributed by atoms with Crippen molar-refractivity contribution < 1.29 is 9.90 Å². The van der Waals surface area contributed by atoms with Crippen LogP contribution in [0.1, 0.15) is 23.2 Å². The maximum absolute atomic E-state index is 10.7. The van der Waals surface area contributed by atoms with Gasteiger partial charge in [0.2, 0.25) is 0 Å². The molecule has 0 aliphatic carbocycles. The maximum Gasteiger partial charge on any atom is 0.337 e. The molecule has 1 saturated heterocycles. The van der Waals surface area contributed by atoms with Crippen molar-refractivity contribution in [1.82, 2.24) is 10.2 Å². The Bertz CT molecular complexity index is 348. The molecule has 1 aliphatic heterocycles. The molecule has 0 unspecified atom stereocenters. The van der Waals surface area contributed by atoms with E-state index in [0.29, 0.717) is 5.82 Å². The van der Waals surface area contributed by atoms with Crippen LogP contribution >= 0.6 is 0 Å². The van der Waals surface area contributed by atoms with E-state index in [4.69, 9.17) is 5.11 Å². The predicted molar refractivity (Wildman–Crippen MR) is 50.4 cm³/mol. The van der Waals surface area contributed by atoms with E-state index in [1.807, 2.05) is 0 Å². The molecule has 0 amide bonds. The van der Waals surface area contributed by atoms with Crippen LogP contribution < -0.4 is 4.90 Å². The second kappa shape index (κ2) is 3.61. The Labute approximate surface area is 81.4 Å². The maximum atomic E-state index is 10.7. The summed E-state index contributed by atoms with van der Waals surface area (Å²) >= 11 is 0. The zero-order valence-electron chi connectivity index (χ0n) is 7.68. The Morgan fingerprint density at radius 3 is 2.79 bits per heavy atom. The molecule has 1 aromatic rings. The lowest BCUT2D eigenvalue weighted by Crippen LogP contribution is -2.19. The van der Waals surface area contributed by atoms with E-state index in [0.717, 1.165) is 25.9 Å². The Hall–Kier alpha value is -1.65. The summed E-state index contributed by atoms with van der Waals surface area (Å²) < 4.78 is 0. The number of aromatic carboxylic acids is 1. The van der Waals surface area contributed by atoms with Crippen molar-refractivity contribution in [3.05, 3.63) is 17.8 Å². The van der Waals surface area contributed by atoms with Crippen LogP contribution in [0.25, 0.3) is 0 Å². The molecule has 1 fully saturated rings. The van der Waals surface area contributed by atoms with Crippen molar-refractivity contribution in [3.63, 3.8) is 0 Å². The summed E-state index contributed by atoms with van der Waals surface area (Å²) in [5.41, 5.74) is 0.196. The molecule has 14 heavy (non-hydrogen) atoms. The average molecular weight is 193 g/mol. The van der Waals surface area contributed by atoms with Gasteiger partial charge < -0.3 is 10.0 Å². The third kappa shape index (κ3) is 1.66. The molecule has 1 aromatic heterocycles. The van der Waals surface area contributed by atoms with E-state index in [1.165, 1.54) is 6.20 Å². The number of anilines is 1. The smallest absolute Gasteiger partial charge is 0.337 e. The number of hydrogen-bond acceptors (Lipinski definition) is 4. The van der Waals surface area contributed by atoms with Crippen LogP contribution in [-0.2, 0) is 0 Å². The van der Waals surface area contributed by atoms with Gasteiger partial charge in [0.05, 0.1) is 11.8 Å². The number of aromatic nitrogens is 2. The van der Waals surface area contributed by atoms with Crippen molar-refractivity contribution in [2.75, 3.05) is 18.0 Å². The van der Waals surface area contributed by atoms with Crippen molar-refractivity contribution in [1.29, 1.82) is 0 Å². The lowest BCUT2D eigenvalue weighted by atomic mass is 10.3. The lowest BCUT2D eigenvalue weighted by molar-refractivity contribution is 0.0696. The van der Waals surface area contributed by atoms with Crippen LogP contribution in [0.3, 0.4) is 0 Å². The van der Waals surface area contributed by atoms with Crippen LogP contribution in [-0.4, -0.2) is 34.4 Å². The molecule has 5 nitrogen and oxygen atoms in total. The second-order valence-electron chi connectivity index (χ2n) is 3.30. The number of nitrogens with zero attached hydrogens (tertiary/aromatic N) is 3. The summed E-state index contributed by atoms with van der Waals surface area (Å²) in [5.74, 6) is -0.289. The fourth-order valence-corrected chi connectivity index (χ4v) is 1.57. The first-order valence-electron chi connectivity index (χ1n) is 4.58. The summed E-state index contributed by atoms with van der Waals surface area (Å²) in [6.07, 6.45) is 3.54. The summed E-state index contributed by atoms with van der Waals surface area (Å²) in [6, 6.07) is 1.57. The number of hydrogen-bond donors (Lipinski definition) is 1. The molecule has 2 heterocycles. The average Bonchev–Trinajstić information content (AvgIpc) is 2.71. The van der Waals surface area contributed by atoms with Gasteiger partial charge in [0.15, 0.2) is 5.82 Å². The topological polar surface area (TPSA) is 66.3 Å². The molecule has 0 radical (unpaired) electrons. The van der Waals surface area contributed by atoms with Gasteiger partial charge in [-0.2, -0.15) is 5.10 Å². The third-order valence-corrected chi connectivity index (χ3v) is 2.32. The molecule has 0 aromatic carbocycles. The van der Waals surface area contributed by atoms with Crippen molar-refractivity contribution in [2.45, 2.75) is 12.8 Å². The number of carbonyl (C=O) groups is 1. The highest BCUT2D eigenvalue weighted by Crippen LogP contribution is 2.17. The lowest BCUT2D eigenvalue weighted by Gasteiger charge is -2.14. The minimum absolute atomic E-state index is 0.196. The van der Waals surface area contributed by atoms with Crippen molar-refractivity contribution in [3.8, 4) is 0 Å². The van der Waals surface area contributed by atoms with Crippen LogP contribution in [0, 0.1) is 0 Å². The van der Waals surface area contributed by atoms with E-state index in [2.05, 4.69) is 15.1 Å². The van der Waals surface area contributed by atoms with E-state index >= 15 is 0 Å². The molecule has 1 aliphatic rings. The molecule has 0 saturated carbocycles. The number of rotatable bonds is 2. The fraction of sp³-hybridized carbons (Fsp3) is 0.444. The Kier molecular flexibility index (Phi) is 2.30. The molecular formula is C9H11N3O2. The van der Waals surface area contributed by atoms with Gasteiger partial charge in [-0.1, -0.05) is 0 Å². The Balaban J connectivity index is 2.25. The first kappa shape index (κ1) is 8.93. The van der Waals surface area contributed by atoms with Gasteiger partial charge in [-0.3, -0.25) is 0 Å². The highest BCUT2D eigenvalue weighted by molar-refractivity contribution is 5.87. The van der Waals surface area contributed by atoms with Gasteiger partial charge >= 0.3 is 5.97 Å². The van der Waals surface area contributed by atoms with E-state index in [9.17, 15) is 4.79 Å². The summed E-state index contributed by atoms with van der Waals surface area (Å²) in [6.45, 7) is 1.88. The normalized spacial score (nSPS) is 15.9. The highest BCUT2D eigenvalue weighted by Gasteiger charge is 2.15. The van der Waals surface area contributed by atoms with Gasteiger partial charge in [0, 0.05) is 13.1 Å². The highest BCUT2D eigenvalue weighted by atomic mass is 16.4. The molecule has 2 rings (SSSR count). The Morgan fingerprint density at radius 1 is 1.43 bits per heavy atom. The van der Waals surface area contributed by atoms with Gasteiger partial charge in [0.1, 0.15) is 0 Å². The predicted octanol–water partition coefficient (Wildman–Crippen LogP) is 0.775. The first-order chi connectivity index (χ1) is 6.77. The minimum Gasteiger partial charge on any atom is -0.478 e. The van der Waals surface area contributed by atoms with Crippen LogP contribution in [0.15, 0.2) is 12.3 Å². The molecule has 0 atom stereocenters. The molecule has 0 spiro atoms. The van der Waals surface area contributed by atoms with Gasteiger partial charge in [-0.05, 0) is 18.9 Å². The molecule has 74 valence electrons. The van der Waals surface area contributed by atoms with E-state index in [1.54, 1.807) is 6.07 Å². The summed E-state index contributed by atoms with van der Waals surface area (Å²) in [4.78, 5) is 12.7. The molecule has 5 heteroatoms. The standard InChI is InChI=1S/C9H11N3O2/c13-9(14)7-5-8(11-10-6-7)12-3-1-2-4-12/h5-6H,1-4H2,(H,13,14). The van der Waals surface area contributed by atoms with Crippen LogP contribution in [0.5, 0.6) is 0 Å². The number of carboxylic acid groups (broad SMARTS) is 1. The largest absolute Gasteiger partial charge is 0.478 e. The van der Waals surface area contributed by atoms with Gasteiger partial charge in [0.25, 0.3) is 0 Å². The van der Waals surface area contributed by atoms with Crippen molar-refractivity contribution >= 4 is 11.8 Å². The zero-order valence-corrected chi connectivity index (χ0v) is 7.68. The van der Waals surface area contributed by atoms with Crippen molar-refractivity contribution in [2.24, 2.45) is 0 Å². The molecule has 1 N–H and O–H groups in total. The summed E-state index contributed by atoms with van der Waals surface area (Å²) in [7, 11) is 0. The third-order valence-electron chi connectivity index (χ3n) is 2.32. The first-order valence-corrected chi connectivity index (χ1v) is 4.58. The second-order valence-corrected chi connectivity index (χ2v) is 3.30. The zero-order chi connectivity index (χ0) is 9.97. The molecule has 0 bridgehead atoms. The van der Waals surface area contributed by atoms with Gasteiger partial charge in [-0.25, -0.2) is 4.79 Å². The number of carboxylic acids is 1. The molecular weight excluding hydrogens is 182 g/mol. The van der Waals surface area contributed by atoms with Crippen LogP contribution in [0.4, 0.5) is 5.82 Å². The fourth-order valence-electron chi connectivity index (χ4n) is 1.57. The van der Waals surface area contributed by atoms with Crippen LogP contribution in [0.2, 0.25) is 0 Å².